The molecule has 0 aliphatic carbocycles. The third-order valence-corrected chi connectivity index (χ3v) is 4.85. The normalized spacial score (nSPS) is 19.8. The summed E-state index contributed by atoms with van der Waals surface area (Å²) in [5, 5.41) is 0.541. The van der Waals surface area contributed by atoms with Crippen LogP contribution in [0, 0.1) is 5.41 Å². The van der Waals surface area contributed by atoms with Gasteiger partial charge in [-0.25, -0.2) is 4.98 Å². The van der Waals surface area contributed by atoms with Gasteiger partial charge in [0, 0.05) is 19.8 Å². The van der Waals surface area contributed by atoms with E-state index >= 15 is 0 Å². The van der Waals surface area contributed by atoms with Crippen molar-refractivity contribution in [3.8, 4) is 0 Å². The van der Waals surface area contributed by atoms with Gasteiger partial charge in [-0.15, -0.1) is 11.6 Å². The van der Waals surface area contributed by atoms with Crippen LogP contribution in [-0.2, 0) is 11.3 Å². The summed E-state index contributed by atoms with van der Waals surface area (Å²) in [4.78, 5) is 4.68. The molecule has 0 amide bonds. The van der Waals surface area contributed by atoms with Gasteiger partial charge >= 0.3 is 0 Å². The predicted molar refractivity (Wildman–Crippen MR) is 87.2 cm³/mol. The Labute approximate surface area is 135 Å². The summed E-state index contributed by atoms with van der Waals surface area (Å²) < 4.78 is 7.74. The Morgan fingerprint density at radius 1 is 1.38 bits per heavy atom. The first-order valence-electron chi connectivity index (χ1n) is 7.37. The van der Waals surface area contributed by atoms with Gasteiger partial charge in [0.15, 0.2) is 0 Å². The molecule has 1 aliphatic heterocycles. The number of rotatable bonds is 3. The Bertz CT molecular complexity index is 645. The van der Waals surface area contributed by atoms with Crippen molar-refractivity contribution in [1.29, 1.82) is 0 Å². The summed E-state index contributed by atoms with van der Waals surface area (Å²) in [6, 6.07) is 5.91. The van der Waals surface area contributed by atoms with E-state index in [0.717, 1.165) is 49.5 Å². The van der Waals surface area contributed by atoms with Crippen molar-refractivity contribution in [3.63, 3.8) is 0 Å². The lowest BCUT2D eigenvalue weighted by Gasteiger charge is -2.34. The number of ether oxygens (including phenoxy) is 1. The van der Waals surface area contributed by atoms with Crippen LogP contribution in [0.15, 0.2) is 18.2 Å². The molecule has 1 unspecified atom stereocenters. The molecule has 114 valence electrons. The summed E-state index contributed by atoms with van der Waals surface area (Å²) in [6.45, 7) is 6.83. The molecular weight excluding hydrogens is 307 g/mol. The van der Waals surface area contributed by atoms with Crippen molar-refractivity contribution in [3.05, 3.63) is 29.0 Å². The number of halogens is 2. The summed E-state index contributed by atoms with van der Waals surface area (Å²) in [6.07, 6.45) is 2.12. The zero-order valence-corrected chi connectivity index (χ0v) is 13.9. The molecule has 21 heavy (non-hydrogen) atoms. The Morgan fingerprint density at radius 2 is 2.10 bits per heavy atom. The van der Waals surface area contributed by atoms with Crippen LogP contribution >= 0.6 is 23.2 Å². The Kier molecular flexibility index (Phi) is 4.17. The highest BCUT2D eigenvalue weighted by Gasteiger charge is 2.30. The molecule has 1 saturated heterocycles. The second-order valence-electron chi connectivity index (χ2n) is 6.20. The third-order valence-electron chi connectivity index (χ3n) is 4.35. The van der Waals surface area contributed by atoms with E-state index in [2.05, 4.69) is 22.5 Å². The number of alkyl halides is 1. The van der Waals surface area contributed by atoms with E-state index in [4.69, 9.17) is 27.9 Å². The van der Waals surface area contributed by atoms with Crippen LogP contribution in [0.2, 0.25) is 5.02 Å². The van der Waals surface area contributed by atoms with Crippen LogP contribution < -0.4 is 0 Å². The number of imidazole rings is 1. The van der Waals surface area contributed by atoms with Gasteiger partial charge in [-0.3, -0.25) is 0 Å². The molecule has 0 radical (unpaired) electrons. The fourth-order valence-electron chi connectivity index (χ4n) is 3.00. The summed E-state index contributed by atoms with van der Waals surface area (Å²) >= 11 is 12.6. The summed E-state index contributed by atoms with van der Waals surface area (Å²) in [5.41, 5.74) is 2.13. The lowest BCUT2D eigenvalue weighted by molar-refractivity contribution is 0.0157. The second-order valence-corrected chi connectivity index (χ2v) is 7.26. The van der Waals surface area contributed by atoms with Crippen LogP contribution in [0.3, 0.4) is 0 Å². The number of fused-ring (bicyclic) bond motifs is 1. The maximum Gasteiger partial charge on any atom is 0.127 e. The predicted octanol–water partition coefficient (Wildman–Crippen LogP) is 4.81. The maximum atomic E-state index is 6.34. The monoisotopic (exact) mass is 326 g/mol. The standard InChI is InChI=1S/C16H20Cl2N2O/c1-11(17)15-19-14-12(18)4-3-5-13(14)20(15)10-16(2)6-8-21-9-7-16/h3-5,11H,6-10H2,1-2H3. The molecule has 1 aromatic carbocycles. The number of hydrogen-bond acceptors (Lipinski definition) is 2. The molecule has 0 saturated carbocycles. The van der Waals surface area contributed by atoms with Crippen molar-refractivity contribution in [1.82, 2.24) is 9.55 Å². The first-order chi connectivity index (χ1) is 10.0. The number of aromatic nitrogens is 2. The minimum absolute atomic E-state index is 0.142. The van der Waals surface area contributed by atoms with Crippen LogP contribution in [0.25, 0.3) is 11.0 Å². The van der Waals surface area contributed by atoms with E-state index in [9.17, 15) is 0 Å². The lowest BCUT2D eigenvalue weighted by atomic mass is 9.82. The zero-order valence-electron chi connectivity index (χ0n) is 12.4. The van der Waals surface area contributed by atoms with E-state index < -0.39 is 0 Å². The van der Waals surface area contributed by atoms with Crippen molar-refractivity contribution in [2.45, 2.75) is 38.6 Å². The smallest absolute Gasteiger partial charge is 0.127 e. The average molecular weight is 327 g/mol. The van der Waals surface area contributed by atoms with E-state index in [1.54, 1.807) is 0 Å². The Balaban J connectivity index is 2.07. The van der Waals surface area contributed by atoms with Gasteiger partial charge in [0.2, 0.25) is 0 Å². The molecule has 3 rings (SSSR count). The Hall–Kier alpha value is -0.770. The van der Waals surface area contributed by atoms with E-state index in [-0.39, 0.29) is 10.8 Å². The number of hydrogen-bond donors (Lipinski definition) is 0. The fourth-order valence-corrected chi connectivity index (χ4v) is 3.38. The van der Waals surface area contributed by atoms with E-state index in [0.29, 0.717) is 5.02 Å². The van der Waals surface area contributed by atoms with Crippen molar-refractivity contribution in [2.75, 3.05) is 13.2 Å². The van der Waals surface area contributed by atoms with Crippen molar-refractivity contribution >= 4 is 34.2 Å². The van der Waals surface area contributed by atoms with Gasteiger partial charge in [-0.2, -0.15) is 0 Å². The largest absolute Gasteiger partial charge is 0.381 e. The molecule has 0 N–H and O–H groups in total. The number of nitrogens with zero attached hydrogens (tertiary/aromatic N) is 2. The van der Waals surface area contributed by atoms with Gasteiger partial charge in [-0.05, 0) is 37.3 Å². The second kappa shape index (κ2) is 5.79. The summed E-state index contributed by atoms with van der Waals surface area (Å²) in [5.74, 6) is 0.896. The first-order valence-corrected chi connectivity index (χ1v) is 8.18. The summed E-state index contributed by atoms with van der Waals surface area (Å²) in [7, 11) is 0. The molecule has 0 spiro atoms. The molecule has 2 heterocycles. The van der Waals surface area contributed by atoms with Crippen molar-refractivity contribution in [2.24, 2.45) is 5.41 Å². The van der Waals surface area contributed by atoms with Gasteiger partial charge in [0.25, 0.3) is 0 Å². The van der Waals surface area contributed by atoms with Gasteiger partial charge in [-0.1, -0.05) is 24.6 Å². The van der Waals surface area contributed by atoms with E-state index in [1.807, 2.05) is 19.1 Å². The Morgan fingerprint density at radius 3 is 2.76 bits per heavy atom. The average Bonchev–Trinajstić information content (AvgIpc) is 2.80. The van der Waals surface area contributed by atoms with Crippen LogP contribution in [0.1, 0.15) is 37.9 Å². The highest BCUT2D eigenvalue weighted by molar-refractivity contribution is 6.35. The zero-order chi connectivity index (χ0) is 15.0. The topological polar surface area (TPSA) is 27.1 Å². The fraction of sp³-hybridized carbons (Fsp3) is 0.562. The molecular formula is C16H20Cl2N2O. The van der Waals surface area contributed by atoms with Crippen LogP contribution in [0.5, 0.6) is 0 Å². The highest BCUT2D eigenvalue weighted by Crippen LogP contribution is 2.36. The molecule has 3 nitrogen and oxygen atoms in total. The molecule has 1 fully saturated rings. The SMILES string of the molecule is CC(Cl)c1nc2c(Cl)cccc2n1CC1(C)CCOCC1. The van der Waals surface area contributed by atoms with Gasteiger partial charge in [0.1, 0.15) is 11.3 Å². The molecule has 1 aliphatic rings. The van der Waals surface area contributed by atoms with Gasteiger partial charge < -0.3 is 9.30 Å². The quantitative estimate of drug-likeness (QED) is 0.757. The number of para-hydroxylation sites is 1. The third kappa shape index (κ3) is 2.92. The molecule has 2 aromatic rings. The maximum absolute atomic E-state index is 6.34. The van der Waals surface area contributed by atoms with Crippen LogP contribution in [0.4, 0.5) is 0 Å². The number of benzene rings is 1. The lowest BCUT2D eigenvalue weighted by Crippen LogP contribution is -2.31. The van der Waals surface area contributed by atoms with Crippen molar-refractivity contribution < 1.29 is 4.74 Å². The molecule has 5 heteroatoms. The molecule has 0 bridgehead atoms. The van der Waals surface area contributed by atoms with Gasteiger partial charge in [0.05, 0.1) is 15.9 Å². The van der Waals surface area contributed by atoms with Crippen LogP contribution in [-0.4, -0.2) is 22.8 Å². The first kappa shape index (κ1) is 15.1. The minimum atomic E-state index is -0.142. The van der Waals surface area contributed by atoms with E-state index in [1.165, 1.54) is 0 Å². The molecule has 1 aromatic heterocycles. The highest BCUT2D eigenvalue weighted by atomic mass is 35.5. The minimum Gasteiger partial charge on any atom is -0.381 e. The molecule has 1 atom stereocenters.